The Bertz CT molecular complexity index is 611. The molecule has 2 aromatic carbocycles. The number of hydrogen-bond donors (Lipinski definition) is 1. The summed E-state index contributed by atoms with van der Waals surface area (Å²) in [5, 5.41) is 0. The Kier molecular flexibility index (Phi) is 4.55. The zero-order valence-corrected chi connectivity index (χ0v) is 13.4. The number of anilines is 1. The molecule has 0 aromatic heterocycles. The first-order chi connectivity index (χ1) is 9.49. The van der Waals surface area contributed by atoms with Gasteiger partial charge in [-0.15, -0.1) is 0 Å². The SMILES string of the molecule is COc1cc(N)cc(Oc2ccc(Br)cc2C(C)C)c1. The Balaban J connectivity index is 2.37. The van der Waals surface area contributed by atoms with E-state index in [0.717, 1.165) is 15.8 Å². The molecule has 0 bridgehead atoms. The van der Waals surface area contributed by atoms with Gasteiger partial charge >= 0.3 is 0 Å². The predicted molar refractivity (Wildman–Crippen MR) is 85.7 cm³/mol. The maximum absolute atomic E-state index is 5.97. The van der Waals surface area contributed by atoms with Gasteiger partial charge in [0.25, 0.3) is 0 Å². The summed E-state index contributed by atoms with van der Waals surface area (Å²) >= 11 is 3.49. The van der Waals surface area contributed by atoms with E-state index in [9.17, 15) is 0 Å². The molecular formula is C16H18BrNO2. The Hall–Kier alpha value is -1.68. The minimum Gasteiger partial charge on any atom is -0.497 e. The molecule has 2 rings (SSSR count). The van der Waals surface area contributed by atoms with Crippen molar-refractivity contribution in [3.05, 3.63) is 46.4 Å². The highest BCUT2D eigenvalue weighted by molar-refractivity contribution is 9.10. The van der Waals surface area contributed by atoms with Crippen molar-refractivity contribution < 1.29 is 9.47 Å². The van der Waals surface area contributed by atoms with Crippen molar-refractivity contribution in [2.75, 3.05) is 12.8 Å². The van der Waals surface area contributed by atoms with Crippen molar-refractivity contribution in [3.63, 3.8) is 0 Å². The van der Waals surface area contributed by atoms with Gasteiger partial charge in [-0.05, 0) is 29.7 Å². The van der Waals surface area contributed by atoms with Gasteiger partial charge in [-0.25, -0.2) is 0 Å². The number of hydrogen-bond acceptors (Lipinski definition) is 3. The number of benzene rings is 2. The van der Waals surface area contributed by atoms with Crippen molar-refractivity contribution in [1.82, 2.24) is 0 Å². The fourth-order valence-electron chi connectivity index (χ4n) is 1.96. The zero-order chi connectivity index (χ0) is 14.7. The minimum atomic E-state index is 0.366. The van der Waals surface area contributed by atoms with Crippen molar-refractivity contribution >= 4 is 21.6 Å². The van der Waals surface area contributed by atoms with E-state index in [1.165, 1.54) is 0 Å². The Labute approximate surface area is 127 Å². The van der Waals surface area contributed by atoms with Crippen LogP contribution in [0, 0.1) is 0 Å². The number of rotatable bonds is 4. The average Bonchev–Trinajstić information content (AvgIpc) is 2.40. The quantitative estimate of drug-likeness (QED) is 0.803. The molecule has 2 N–H and O–H groups in total. The Morgan fingerprint density at radius 3 is 2.40 bits per heavy atom. The normalized spacial score (nSPS) is 10.7. The third kappa shape index (κ3) is 3.45. The second-order valence-corrected chi connectivity index (χ2v) is 5.80. The van der Waals surface area contributed by atoms with E-state index in [1.807, 2.05) is 18.2 Å². The molecule has 106 valence electrons. The summed E-state index contributed by atoms with van der Waals surface area (Å²) in [6.07, 6.45) is 0. The smallest absolute Gasteiger partial charge is 0.133 e. The van der Waals surface area contributed by atoms with Crippen LogP contribution in [0.4, 0.5) is 5.69 Å². The third-order valence-electron chi connectivity index (χ3n) is 2.96. The van der Waals surface area contributed by atoms with Crippen LogP contribution in [-0.4, -0.2) is 7.11 Å². The lowest BCUT2D eigenvalue weighted by atomic mass is 10.0. The van der Waals surface area contributed by atoms with Gasteiger partial charge in [-0.1, -0.05) is 29.8 Å². The molecule has 2 aromatic rings. The van der Waals surface area contributed by atoms with E-state index in [4.69, 9.17) is 15.2 Å². The molecule has 0 aliphatic heterocycles. The predicted octanol–water partition coefficient (Wildman–Crippen LogP) is 4.96. The minimum absolute atomic E-state index is 0.366. The summed E-state index contributed by atoms with van der Waals surface area (Å²) in [6.45, 7) is 4.27. The molecule has 0 aliphatic rings. The van der Waals surface area contributed by atoms with Gasteiger partial charge in [0.05, 0.1) is 7.11 Å². The molecule has 0 heterocycles. The number of halogens is 1. The maximum Gasteiger partial charge on any atom is 0.133 e. The average molecular weight is 336 g/mol. The van der Waals surface area contributed by atoms with Crippen LogP contribution in [0.3, 0.4) is 0 Å². The summed E-state index contributed by atoms with van der Waals surface area (Å²) in [7, 11) is 1.61. The third-order valence-corrected chi connectivity index (χ3v) is 3.45. The summed E-state index contributed by atoms with van der Waals surface area (Å²) < 4.78 is 12.2. The Morgan fingerprint density at radius 1 is 1.05 bits per heavy atom. The van der Waals surface area contributed by atoms with Gasteiger partial charge < -0.3 is 15.2 Å². The van der Waals surface area contributed by atoms with Gasteiger partial charge in [0.15, 0.2) is 0 Å². The molecule has 3 nitrogen and oxygen atoms in total. The molecule has 0 aliphatic carbocycles. The maximum atomic E-state index is 5.97. The number of nitrogen functional groups attached to an aromatic ring is 1. The van der Waals surface area contributed by atoms with Crippen molar-refractivity contribution in [1.29, 1.82) is 0 Å². The highest BCUT2D eigenvalue weighted by Gasteiger charge is 2.10. The van der Waals surface area contributed by atoms with Crippen LogP contribution in [0.2, 0.25) is 0 Å². The van der Waals surface area contributed by atoms with Crippen LogP contribution in [-0.2, 0) is 0 Å². The van der Waals surface area contributed by atoms with Crippen molar-refractivity contribution in [3.8, 4) is 17.2 Å². The lowest BCUT2D eigenvalue weighted by molar-refractivity contribution is 0.409. The fraction of sp³-hybridized carbons (Fsp3) is 0.250. The summed E-state index contributed by atoms with van der Waals surface area (Å²) in [6, 6.07) is 11.4. The van der Waals surface area contributed by atoms with Crippen LogP contribution < -0.4 is 15.2 Å². The summed E-state index contributed by atoms with van der Waals surface area (Å²) in [4.78, 5) is 0. The van der Waals surface area contributed by atoms with E-state index in [-0.39, 0.29) is 0 Å². The highest BCUT2D eigenvalue weighted by Crippen LogP contribution is 2.34. The summed E-state index contributed by atoms with van der Waals surface area (Å²) in [5.41, 5.74) is 7.60. The number of ether oxygens (including phenoxy) is 2. The van der Waals surface area contributed by atoms with E-state index < -0.39 is 0 Å². The van der Waals surface area contributed by atoms with E-state index in [1.54, 1.807) is 19.2 Å². The van der Waals surface area contributed by atoms with E-state index in [2.05, 4.69) is 35.8 Å². The molecule has 0 saturated heterocycles. The van der Waals surface area contributed by atoms with E-state index >= 15 is 0 Å². The lowest BCUT2D eigenvalue weighted by Crippen LogP contribution is -1.96. The van der Waals surface area contributed by atoms with Gasteiger partial charge in [-0.2, -0.15) is 0 Å². The molecule has 20 heavy (non-hydrogen) atoms. The van der Waals surface area contributed by atoms with Crippen molar-refractivity contribution in [2.45, 2.75) is 19.8 Å². The largest absolute Gasteiger partial charge is 0.497 e. The first-order valence-electron chi connectivity index (χ1n) is 6.41. The monoisotopic (exact) mass is 335 g/mol. The highest BCUT2D eigenvalue weighted by atomic mass is 79.9. The van der Waals surface area contributed by atoms with Crippen LogP contribution in [0.1, 0.15) is 25.3 Å². The first-order valence-corrected chi connectivity index (χ1v) is 7.20. The first kappa shape index (κ1) is 14.7. The van der Waals surface area contributed by atoms with Crippen LogP contribution in [0.15, 0.2) is 40.9 Å². The molecule has 0 amide bonds. The second-order valence-electron chi connectivity index (χ2n) is 4.88. The second kappa shape index (κ2) is 6.18. The zero-order valence-electron chi connectivity index (χ0n) is 11.8. The van der Waals surface area contributed by atoms with Gasteiger partial charge in [0, 0.05) is 28.4 Å². The topological polar surface area (TPSA) is 44.5 Å². The van der Waals surface area contributed by atoms with E-state index in [0.29, 0.717) is 23.1 Å². The summed E-state index contributed by atoms with van der Waals surface area (Å²) in [5.74, 6) is 2.55. The van der Waals surface area contributed by atoms with Crippen molar-refractivity contribution in [2.24, 2.45) is 0 Å². The molecule has 4 heteroatoms. The molecule has 0 spiro atoms. The molecule has 0 saturated carbocycles. The molecule has 0 atom stereocenters. The van der Waals surface area contributed by atoms with Crippen LogP contribution in [0.5, 0.6) is 17.2 Å². The molecule has 0 radical (unpaired) electrons. The lowest BCUT2D eigenvalue weighted by Gasteiger charge is -2.15. The molecule has 0 unspecified atom stereocenters. The Morgan fingerprint density at radius 2 is 1.75 bits per heavy atom. The molecule has 0 fully saturated rings. The van der Waals surface area contributed by atoms with Gasteiger partial charge in [-0.3, -0.25) is 0 Å². The fourth-order valence-corrected chi connectivity index (χ4v) is 2.34. The van der Waals surface area contributed by atoms with Crippen LogP contribution in [0.25, 0.3) is 0 Å². The standard InChI is InChI=1S/C16H18BrNO2/c1-10(2)15-6-11(17)4-5-16(15)20-14-8-12(18)7-13(9-14)19-3/h4-10H,18H2,1-3H3. The molecular weight excluding hydrogens is 318 g/mol. The number of methoxy groups -OCH3 is 1. The number of nitrogens with two attached hydrogens (primary N) is 1. The van der Waals surface area contributed by atoms with Gasteiger partial charge in [0.1, 0.15) is 17.2 Å². The van der Waals surface area contributed by atoms with Gasteiger partial charge in [0.2, 0.25) is 0 Å². The van der Waals surface area contributed by atoms with Crippen LogP contribution >= 0.6 is 15.9 Å².